The number of carbonyl (C=O) groups excluding carboxylic acids is 2. The van der Waals surface area contributed by atoms with Crippen LogP contribution < -0.4 is 0 Å². The largest absolute Gasteiger partial charge is 0.464 e. The van der Waals surface area contributed by atoms with Gasteiger partial charge in [-0.1, -0.05) is 26.7 Å². The molecule has 0 N–H and O–H groups in total. The summed E-state index contributed by atoms with van der Waals surface area (Å²) < 4.78 is 20.1. The molecule has 0 aliphatic rings. The number of unbranched alkanes of at least 4 members (excludes halogenated alkanes) is 2. The van der Waals surface area contributed by atoms with Crippen molar-refractivity contribution in [3.63, 3.8) is 0 Å². The molecule has 0 rings (SSSR count). The monoisotopic (exact) mass is 290 g/mol. The van der Waals surface area contributed by atoms with Gasteiger partial charge in [-0.05, 0) is 12.8 Å². The predicted octanol–water partition coefficient (Wildman–Crippen LogP) is 1.70. The van der Waals surface area contributed by atoms with Crippen LogP contribution in [0.25, 0.3) is 0 Å². The summed E-state index contributed by atoms with van der Waals surface area (Å²) in [7, 11) is 2.66. The average Bonchev–Trinajstić information content (AvgIpc) is 2.44. The van der Waals surface area contributed by atoms with Crippen molar-refractivity contribution >= 4 is 11.9 Å². The fourth-order valence-electron chi connectivity index (χ4n) is 1.49. The first kappa shape index (κ1) is 18.9. The van der Waals surface area contributed by atoms with Crippen molar-refractivity contribution in [1.29, 1.82) is 0 Å². The highest BCUT2D eigenvalue weighted by Gasteiger charge is 2.36. The van der Waals surface area contributed by atoms with Crippen LogP contribution in [0.15, 0.2) is 0 Å². The van der Waals surface area contributed by atoms with Gasteiger partial charge in [-0.25, -0.2) is 9.59 Å². The lowest BCUT2D eigenvalue weighted by molar-refractivity contribution is -0.178. The molecule has 0 aliphatic heterocycles. The Kier molecular flexibility index (Phi) is 11.0. The van der Waals surface area contributed by atoms with Gasteiger partial charge in [-0.15, -0.1) is 0 Å². The third kappa shape index (κ3) is 6.86. The van der Waals surface area contributed by atoms with Crippen molar-refractivity contribution in [2.24, 2.45) is 0 Å². The van der Waals surface area contributed by atoms with E-state index in [2.05, 4.69) is 0 Å². The van der Waals surface area contributed by atoms with E-state index in [1.165, 1.54) is 14.2 Å². The van der Waals surface area contributed by atoms with Crippen LogP contribution in [-0.4, -0.2) is 51.6 Å². The van der Waals surface area contributed by atoms with E-state index in [0.717, 1.165) is 25.7 Å². The van der Waals surface area contributed by atoms with E-state index in [0.29, 0.717) is 13.2 Å². The molecule has 20 heavy (non-hydrogen) atoms. The molecule has 2 unspecified atom stereocenters. The van der Waals surface area contributed by atoms with Crippen LogP contribution in [-0.2, 0) is 28.5 Å². The molecule has 0 heterocycles. The molecule has 0 saturated heterocycles. The van der Waals surface area contributed by atoms with Crippen molar-refractivity contribution < 1.29 is 28.5 Å². The SMILES string of the molecule is CCCCOC(=O)C(OC)C(OC)C(=O)OCCCC. The summed E-state index contributed by atoms with van der Waals surface area (Å²) in [5.41, 5.74) is 0. The van der Waals surface area contributed by atoms with E-state index >= 15 is 0 Å². The maximum Gasteiger partial charge on any atom is 0.338 e. The van der Waals surface area contributed by atoms with E-state index < -0.39 is 24.1 Å². The minimum absolute atomic E-state index is 0.302. The van der Waals surface area contributed by atoms with Gasteiger partial charge in [0, 0.05) is 14.2 Å². The van der Waals surface area contributed by atoms with Crippen molar-refractivity contribution in [2.45, 2.75) is 51.7 Å². The smallest absolute Gasteiger partial charge is 0.338 e. The van der Waals surface area contributed by atoms with Crippen molar-refractivity contribution in [3.8, 4) is 0 Å². The molecule has 6 nitrogen and oxygen atoms in total. The van der Waals surface area contributed by atoms with E-state index in [9.17, 15) is 9.59 Å². The van der Waals surface area contributed by atoms with Crippen LogP contribution in [0.1, 0.15) is 39.5 Å². The number of carbonyl (C=O) groups is 2. The predicted molar refractivity (Wildman–Crippen MR) is 73.3 cm³/mol. The van der Waals surface area contributed by atoms with Crippen molar-refractivity contribution in [3.05, 3.63) is 0 Å². The molecule has 0 aromatic carbocycles. The lowest BCUT2D eigenvalue weighted by Gasteiger charge is -2.21. The second-order valence-electron chi connectivity index (χ2n) is 4.35. The van der Waals surface area contributed by atoms with E-state index in [1.807, 2.05) is 13.8 Å². The van der Waals surface area contributed by atoms with Gasteiger partial charge in [0.05, 0.1) is 13.2 Å². The van der Waals surface area contributed by atoms with Gasteiger partial charge in [0.15, 0.2) is 12.2 Å². The molecule has 0 aromatic rings. The third-order valence-corrected chi connectivity index (χ3v) is 2.73. The summed E-state index contributed by atoms with van der Waals surface area (Å²) in [4.78, 5) is 23.7. The third-order valence-electron chi connectivity index (χ3n) is 2.73. The standard InChI is InChI=1S/C14H26O6/c1-5-7-9-19-13(15)11(17-3)12(18-4)14(16)20-10-8-6-2/h11-12H,5-10H2,1-4H3. The van der Waals surface area contributed by atoms with E-state index in [4.69, 9.17) is 18.9 Å². The fourth-order valence-corrected chi connectivity index (χ4v) is 1.49. The zero-order valence-corrected chi connectivity index (χ0v) is 12.8. The lowest BCUT2D eigenvalue weighted by Crippen LogP contribution is -2.44. The molecular formula is C14H26O6. The summed E-state index contributed by atoms with van der Waals surface area (Å²) in [6.07, 6.45) is 1.15. The molecule has 118 valence electrons. The zero-order chi connectivity index (χ0) is 15.4. The number of rotatable bonds is 11. The molecule has 0 aromatic heterocycles. The Balaban J connectivity index is 4.46. The zero-order valence-electron chi connectivity index (χ0n) is 12.8. The van der Waals surface area contributed by atoms with Gasteiger partial charge in [-0.3, -0.25) is 0 Å². The Labute approximate surface area is 120 Å². The molecule has 0 aliphatic carbocycles. The van der Waals surface area contributed by atoms with Gasteiger partial charge >= 0.3 is 11.9 Å². The number of esters is 2. The summed E-state index contributed by atoms with van der Waals surface area (Å²) in [5.74, 6) is -1.22. The van der Waals surface area contributed by atoms with Crippen molar-refractivity contribution in [1.82, 2.24) is 0 Å². The van der Waals surface area contributed by atoms with Crippen LogP contribution in [0.5, 0.6) is 0 Å². The van der Waals surface area contributed by atoms with Crippen LogP contribution in [0.2, 0.25) is 0 Å². The summed E-state index contributed by atoms with van der Waals surface area (Å²) in [6, 6.07) is 0. The molecule has 0 radical (unpaired) electrons. The topological polar surface area (TPSA) is 71.1 Å². The van der Waals surface area contributed by atoms with Crippen LogP contribution in [0.3, 0.4) is 0 Å². The van der Waals surface area contributed by atoms with Crippen LogP contribution in [0, 0.1) is 0 Å². The van der Waals surface area contributed by atoms with Gasteiger partial charge in [0.1, 0.15) is 0 Å². The highest BCUT2D eigenvalue weighted by molar-refractivity contribution is 5.85. The van der Waals surface area contributed by atoms with E-state index in [1.54, 1.807) is 0 Å². The van der Waals surface area contributed by atoms with Crippen molar-refractivity contribution in [2.75, 3.05) is 27.4 Å². The fraction of sp³-hybridized carbons (Fsp3) is 0.857. The molecule has 0 fully saturated rings. The number of hydrogen-bond acceptors (Lipinski definition) is 6. The molecule has 2 atom stereocenters. The summed E-state index contributed by atoms with van der Waals surface area (Å²) >= 11 is 0. The highest BCUT2D eigenvalue weighted by Crippen LogP contribution is 2.09. The molecule has 0 amide bonds. The molecule has 0 saturated carbocycles. The number of methoxy groups -OCH3 is 2. The number of ether oxygens (including phenoxy) is 4. The normalized spacial score (nSPS) is 13.6. The van der Waals surface area contributed by atoms with Gasteiger partial charge in [0.25, 0.3) is 0 Å². The molecule has 0 bridgehead atoms. The van der Waals surface area contributed by atoms with Crippen LogP contribution >= 0.6 is 0 Å². The lowest BCUT2D eigenvalue weighted by atomic mass is 10.2. The van der Waals surface area contributed by atoms with Crippen LogP contribution in [0.4, 0.5) is 0 Å². The minimum atomic E-state index is -1.11. The second kappa shape index (κ2) is 11.7. The Morgan fingerprint density at radius 2 is 1.15 bits per heavy atom. The number of hydrogen-bond donors (Lipinski definition) is 0. The maximum absolute atomic E-state index is 11.8. The molecular weight excluding hydrogens is 264 g/mol. The molecule has 6 heteroatoms. The highest BCUT2D eigenvalue weighted by atomic mass is 16.6. The minimum Gasteiger partial charge on any atom is -0.464 e. The Bertz CT molecular complexity index is 251. The first-order chi connectivity index (χ1) is 9.62. The van der Waals surface area contributed by atoms with Gasteiger partial charge in [0.2, 0.25) is 0 Å². The average molecular weight is 290 g/mol. The Morgan fingerprint density at radius 3 is 1.40 bits per heavy atom. The van der Waals surface area contributed by atoms with Gasteiger partial charge < -0.3 is 18.9 Å². The van der Waals surface area contributed by atoms with Gasteiger partial charge in [-0.2, -0.15) is 0 Å². The first-order valence-corrected chi connectivity index (χ1v) is 7.01. The quantitative estimate of drug-likeness (QED) is 0.426. The summed E-state index contributed by atoms with van der Waals surface area (Å²) in [6.45, 7) is 4.59. The maximum atomic E-state index is 11.8. The molecule has 0 spiro atoms. The summed E-state index contributed by atoms with van der Waals surface area (Å²) in [5, 5.41) is 0. The Morgan fingerprint density at radius 1 is 0.800 bits per heavy atom. The first-order valence-electron chi connectivity index (χ1n) is 7.01. The second-order valence-corrected chi connectivity index (χ2v) is 4.35. The van der Waals surface area contributed by atoms with E-state index in [-0.39, 0.29) is 0 Å². The Hall–Kier alpha value is -1.14.